The van der Waals surface area contributed by atoms with Crippen molar-refractivity contribution in [2.75, 3.05) is 39.6 Å². The van der Waals surface area contributed by atoms with Gasteiger partial charge >= 0.3 is 39.5 Å². The molecule has 0 bridgehead atoms. The van der Waals surface area contributed by atoms with Gasteiger partial charge in [-0.15, -0.1) is 0 Å². The second-order valence-corrected chi connectivity index (χ2v) is 33.6. The van der Waals surface area contributed by atoms with Crippen molar-refractivity contribution >= 4 is 39.5 Å². The number of carbonyl (C=O) groups is 4. The average molecular weight is 1510 g/mol. The molecule has 0 aliphatic carbocycles. The standard InChI is InChI=1S/C84H164O17P2/c1-6-9-12-15-18-21-24-27-29-30-31-32-33-40-45-50-55-60-65-70-84(89)101-80(74-95-82(87)68-63-58-53-48-43-39-35-34-37-41-46-51-56-61-66-77(4)5)76-99-103(92,93)97-72-78(85)71-96-102(90,91)98-75-79(73-94-81(86)67-62-57-52-47-42-36-26-23-20-17-14-11-8-3)100-83(88)69-64-59-54-49-44-38-28-25-22-19-16-13-10-7-2/h77-80,85H,6-76H2,1-5H3,(H,90,91)(H,92,93)/t78-,79+,80+/m0/s1. The Morgan fingerprint density at radius 3 is 0.660 bits per heavy atom. The highest BCUT2D eigenvalue weighted by Crippen LogP contribution is 2.45. The number of hydrogen-bond donors (Lipinski definition) is 3. The monoisotopic (exact) mass is 1510 g/mol. The summed E-state index contributed by atoms with van der Waals surface area (Å²) in [7, 11) is -9.92. The summed E-state index contributed by atoms with van der Waals surface area (Å²) in [6.07, 6.45) is 69.2. The zero-order chi connectivity index (χ0) is 75.5. The fourth-order valence-corrected chi connectivity index (χ4v) is 14.7. The van der Waals surface area contributed by atoms with E-state index in [-0.39, 0.29) is 25.7 Å². The lowest BCUT2D eigenvalue weighted by Crippen LogP contribution is -2.30. The number of aliphatic hydroxyl groups excluding tert-OH is 1. The highest BCUT2D eigenvalue weighted by Gasteiger charge is 2.30. The van der Waals surface area contributed by atoms with Gasteiger partial charge in [0.25, 0.3) is 0 Å². The molecule has 0 aromatic carbocycles. The number of phosphoric acid groups is 2. The Balaban J connectivity index is 5.26. The molecule has 19 heteroatoms. The average Bonchev–Trinajstić information content (AvgIpc) is 0.910. The smallest absolute Gasteiger partial charge is 0.462 e. The molecule has 0 rings (SSSR count). The van der Waals surface area contributed by atoms with Gasteiger partial charge in [-0.2, -0.15) is 0 Å². The van der Waals surface area contributed by atoms with Gasteiger partial charge in [0.05, 0.1) is 26.4 Å². The Kier molecular flexibility index (Phi) is 75.4. The molecule has 0 spiro atoms. The number of ether oxygens (including phenoxy) is 4. The molecule has 0 saturated heterocycles. The Morgan fingerprint density at radius 2 is 0.447 bits per heavy atom. The van der Waals surface area contributed by atoms with Crippen LogP contribution >= 0.6 is 15.6 Å². The maximum atomic E-state index is 13.1. The minimum Gasteiger partial charge on any atom is -0.462 e. The summed E-state index contributed by atoms with van der Waals surface area (Å²) in [5.74, 6) is -1.30. The van der Waals surface area contributed by atoms with E-state index in [0.29, 0.717) is 25.7 Å². The topological polar surface area (TPSA) is 237 Å². The first kappa shape index (κ1) is 101. The van der Waals surface area contributed by atoms with Crippen LogP contribution in [0.15, 0.2) is 0 Å². The molecule has 2 unspecified atom stereocenters. The fourth-order valence-electron chi connectivity index (χ4n) is 13.1. The SMILES string of the molecule is CCCCCCCCCCCCCCCCCCCCCC(=O)O[C@H](COC(=O)CCCCCCCCCCCCCCCCC(C)C)COP(=O)(O)OC[C@@H](O)COP(=O)(O)OC[C@@H](COC(=O)CCCCCCCCCCCCCCC)OC(=O)CCCCCCCCCCCCCCCC. The van der Waals surface area contributed by atoms with E-state index in [1.807, 2.05) is 0 Å². The van der Waals surface area contributed by atoms with Gasteiger partial charge < -0.3 is 33.8 Å². The lowest BCUT2D eigenvalue weighted by Gasteiger charge is -2.21. The van der Waals surface area contributed by atoms with Gasteiger partial charge in [0.15, 0.2) is 12.2 Å². The van der Waals surface area contributed by atoms with Gasteiger partial charge in [0.1, 0.15) is 19.3 Å². The van der Waals surface area contributed by atoms with Gasteiger partial charge in [0, 0.05) is 25.7 Å². The van der Waals surface area contributed by atoms with E-state index in [0.717, 1.165) is 95.8 Å². The Morgan fingerprint density at radius 1 is 0.262 bits per heavy atom. The van der Waals surface area contributed by atoms with Crippen molar-refractivity contribution in [2.24, 2.45) is 5.92 Å². The third kappa shape index (κ3) is 78.0. The summed E-state index contributed by atoms with van der Waals surface area (Å²) in [6, 6.07) is 0. The van der Waals surface area contributed by atoms with Gasteiger partial charge in [0.2, 0.25) is 0 Å². The van der Waals surface area contributed by atoms with Gasteiger partial charge in [-0.05, 0) is 31.6 Å². The van der Waals surface area contributed by atoms with Crippen LogP contribution in [-0.2, 0) is 65.4 Å². The maximum Gasteiger partial charge on any atom is 0.472 e. The zero-order valence-electron chi connectivity index (χ0n) is 67.5. The molecular weight excluding hydrogens is 1340 g/mol. The molecule has 103 heavy (non-hydrogen) atoms. The summed E-state index contributed by atoms with van der Waals surface area (Å²) < 4.78 is 68.9. The van der Waals surface area contributed by atoms with E-state index in [9.17, 15) is 43.2 Å². The summed E-state index contributed by atoms with van der Waals surface area (Å²) >= 11 is 0. The van der Waals surface area contributed by atoms with Crippen molar-refractivity contribution in [3.8, 4) is 0 Å². The number of aliphatic hydroxyl groups is 1. The molecule has 0 aliphatic heterocycles. The predicted molar refractivity (Wildman–Crippen MR) is 423 cm³/mol. The minimum absolute atomic E-state index is 0.109. The van der Waals surface area contributed by atoms with Crippen LogP contribution in [0, 0.1) is 5.92 Å². The molecule has 612 valence electrons. The Bertz CT molecular complexity index is 1960. The van der Waals surface area contributed by atoms with Gasteiger partial charge in [-0.3, -0.25) is 37.3 Å². The Labute approximate surface area is 632 Å². The molecule has 0 fully saturated rings. The second kappa shape index (κ2) is 76.8. The van der Waals surface area contributed by atoms with Crippen LogP contribution < -0.4 is 0 Å². The largest absolute Gasteiger partial charge is 0.472 e. The maximum absolute atomic E-state index is 13.1. The molecule has 0 amide bonds. The van der Waals surface area contributed by atoms with Crippen molar-refractivity contribution in [2.45, 2.75) is 470 Å². The number of phosphoric ester groups is 2. The van der Waals surface area contributed by atoms with Crippen molar-refractivity contribution in [3.05, 3.63) is 0 Å². The van der Waals surface area contributed by atoms with Gasteiger partial charge in [-0.25, -0.2) is 9.13 Å². The molecule has 0 radical (unpaired) electrons. The summed E-state index contributed by atoms with van der Waals surface area (Å²) in [4.78, 5) is 73.2. The molecule has 0 aliphatic rings. The number of carbonyl (C=O) groups excluding carboxylic acids is 4. The number of unbranched alkanes of at least 4 members (excludes halogenated alkanes) is 56. The third-order valence-corrected chi connectivity index (χ3v) is 21.7. The van der Waals surface area contributed by atoms with E-state index in [1.165, 1.54) is 276 Å². The first-order valence-corrected chi connectivity index (χ1v) is 46.6. The number of hydrogen-bond acceptors (Lipinski definition) is 15. The number of esters is 4. The quantitative estimate of drug-likeness (QED) is 0.0222. The molecule has 0 aromatic heterocycles. The lowest BCUT2D eigenvalue weighted by molar-refractivity contribution is -0.161. The van der Waals surface area contributed by atoms with E-state index in [4.69, 9.17) is 37.0 Å². The van der Waals surface area contributed by atoms with Gasteiger partial charge in [-0.1, -0.05) is 401 Å². The van der Waals surface area contributed by atoms with Crippen molar-refractivity contribution in [1.82, 2.24) is 0 Å². The summed E-state index contributed by atoms with van der Waals surface area (Å²) in [5, 5.41) is 10.7. The normalized spacial score (nSPS) is 13.8. The van der Waals surface area contributed by atoms with E-state index < -0.39 is 97.5 Å². The third-order valence-electron chi connectivity index (χ3n) is 19.8. The van der Waals surface area contributed by atoms with E-state index >= 15 is 0 Å². The van der Waals surface area contributed by atoms with Crippen LogP contribution in [0.1, 0.15) is 452 Å². The van der Waals surface area contributed by atoms with Crippen molar-refractivity contribution < 1.29 is 80.2 Å². The first-order valence-electron chi connectivity index (χ1n) is 43.6. The molecular formula is C84H164O17P2. The van der Waals surface area contributed by atoms with E-state index in [1.54, 1.807) is 0 Å². The molecule has 5 atom stereocenters. The zero-order valence-corrected chi connectivity index (χ0v) is 69.3. The highest BCUT2D eigenvalue weighted by molar-refractivity contribution is 7.47. The summed E-state index contributed by atoms with van der Waals surface area (Å²) in [6.45, 7) is 7.39. The Hall–Kier alpha value is -1.94. The van der Waals surface area contributed by atoms with Crippen LogP contribution in [0.5, 0.6) is 0 Å². The fraction of sp³-hybridized carbons (Fsp3) is 0.952. The van der Waals surface area contributed by atoms with Crippen LogP contribution in [-0.4, -0.2) is 96.7 Å². The molecule has 0 saturated carbocycles. The van der Waals surface area contributed by atoms with E-state index in [2.05, 4.69) is 34.6 Å². The van der Waals surface area contributed by atoms with Crippen molar-refractivity contribution in [3.63, 3.8) is 0 Å². The van der Waals surface area contributed by atoms with Crippen LogP contribution in [0.25, 0.3) is 0 Å². The van der Waals surface area contributed by atoms with Crippen LogP contribution in [0.2, 0.25) is 0 Å². The van der Waals surface area contributed by atoms with Crippen LogP contribution in [0.4, 0.5) is 0 Å². The highest BCUT2D eigenvalue weighted by atomic mass is 31.2. The molecule has 0 heterocycles. The second-order valence-electron chi connectivity index (χ2n) is 30.7. The summed E-state index contributed by atoms with van der Waals surface area (Å²) in [5.41, 5.74) is 0. The van der Waals surface area contributed by atoms with Crippen molar-refractivity contribution in [1.29, 1.82) is 0 Å². The first-order chi connectivity index (χ1) is 50.0. The predicted octanol–water partition coefficient (Wildman–Crippen LogP) is 25.6. The number of rotatable bonds is 84. The lowest BCUT2D eigenvalue weighted by atomic mass is 10.0. The molecule has 3 N–H and O–H groups in total. The molecule has 0 aromatic rings. The molecule has 17 nitrogen and oxygen atoms in total. The van der Waals surface area contributed by atoms with Crippen LogP contribution in [0.3, 0.4) is 0 Å². The minimum atomic E-state index is -4.96.